The van der Waals surface area contributed by atoms with Crippen LogP contribution in [0.15, 0.2) is 40.9 Å². The minimum atomic E-state index is 0.283. The van der Waals surface area contributed by atoms with Gasteiger partial charge in [-0.2, -0.15) is 0 Å². The number of carbonyl (C=O) groups excluding carboxylic acids is 1. The molecule has 0 spiro atoms. The molecular weight excluding hydrogens is 362 g/mol. The van der Waals surface area contributed by atoms with Gasteiger partial charge in [0.15, 0.2) is 0 Å². The van der Waals surface area contributed by atoms with Gasteiger partial charge in [0.25, 0.3) is 0 Å². The molecule has 3 rings (SSSR count). The van der Waals surface area contributed by atoms with Crippen LogP contribution in [0.5, 0.6) is 0 Å². The summed E-state index contributed by atoms with van der Waals surface area (Å²) in [7, 11) is 1.94. The predicted octanol–water partition coefficient (Wildman–Crippen LogP) is 4.54. The van der Waals surface area contributed by atoms with Gasteiger partial charge in [0.05, 0.1) is 0 Å². The van der Waals surface area contributed by atoms with Gasteiger partial charge in [-0.15, -0.1) is 0 Å². The highest BCUT2D eigenvalue weighted by molar-refractivity contribution is 5.76. The molecule has 1 saturated heterocycles. The van der Waals surface area contributed by atoms with Crippen molar-refractivity contribution < 1.29 is 9.32 Å². The molecule has 1 fully saturated rings. The third kappa shape index (κ3) is 6.70. The summed E-state index contributed by atoms with van der Waals surface area (Å²) in [5.41, 5.74) is 1.98. The van der Waals surface area contributed by atoms with Crippen molar-refractivity contribution in [3.63, 3.8) is 0 Å². The van der Waals surface area contributed by atoms with Crippen LogP contribution in [-0.4, -0.2) is 42.6 Å². The Morgan fingerprint density at radius 2 is 2.10 bits per heavy atom. The van der Waals surface area contributed by atoms with Gasteiger partial charge in [0.1, 0.15) is 11.5 Å². The molecule has 2 atom stereocenters. The second-order valence-electron chi connectivity index (χ2n) is 8.46. The summed E-state index contributed by atoms with van der Waals surface area (Å²) < 4.78 is 5.47. The molecule has 1 aliphatic rings. The summed E-state index contributed by atoms with van der Waals surface area (Å²) in [5.74, 6) is 2.32. The van der Waals surface area contributed by atoms with E-state index in [9.17, 15) is 4.79 Å². The Labute approximate surface area is 174 Å². The number of hydrogen-bond acceptors (Lipinski definition) is 4. The lowest BCUT2D eigenvalue weighted by molar-refractivity contribution is -0.131. The largest absolute Gasteiger partial charge is 0.361 e. The topological polar surface area (TPSA) is 58.4 Å². The van der Waals surface area contributed by atoms with Crippen LogP contribution in [-0.2, 0) is 11.2 Å². The van der Waals surface area contributed by atoms with Crippen molar-refractivity contribution in [2.75, 3.05) is 26.7 Å². The van der Waals surface area contributed by atoms with Crippen molar-refractivity contribution >= 4 is 5.91 Å². The first-order chi connectivity index (χ1) is 14.1. The average Bonchev–Trinajstić information content (AvgIpc) is 3.23. The molecule has 1 aromatic carbocycles. The Bertz CT molecular complexity index is 738. The van der Waals surface area contributed by atoms with Gasteiger partial charge in [0, 0.05) is 38.1 Å². The zero-order valence-corrected chi connectivity index (χ0v) is 17.9. The lowest BCUT2D eigenvalue weighted by Gasteiger charge is -2.29. The summed E-state index contributed by atoms with van der Waals surface area (Å²) in [6, 6.07) is 12.1. The maximum atomic E-state index is 12.5. The van der Waals surface area contributed by atoms with Gasteiger partial charge in [0.2, 0.25) is 5.91 Å². The third-order valence-electron chi connectivity index (χ3n) is 6.11. The molecule has 0 saturated carbocycles. The van der Waals surface area contributed by atoms with Crippen molar-refractivity contribution in [3.8, 4) is 11.3 Å². The van der Waals surface area contributed by atoms with E-state index in [0.29, 0.717) is 18.3 Å². The molecule has 5 heteroatoms. The number of nitrogens with one attached hydrogen (secondary N) is 1. The Balaban J connectivity index is 1.31. The molecule has 5 nitrogen and oxygen atoms in total. The van der Waals surface area contributed by atoms with Crippen molar-refractivity contribution in [3.05, 3.63) is 42.2 Å². The number of amides is 1. The first kappa shape index (κ1) is 21.6. The molecule has 2 aromatic rings. The van der Waals surface area contributed by atoms with E-state index in [0.717, 1.165) is 62.3 Å². The summed E-state index contributed by atoms with van der Waals surface area (Å²) in [4.78, 5) is 14.4. The highest BCUT2D eigenvalue weighted by atomic mass is 16.5. The Morgan fingerprint density at radius 1 is 1.28 bits per heavy atom. The van der Waals surface area contributed by atoms with Crippen molar-refractivity contribution in [1.82, 2.24) is 15.4 Å². The van der Waals surface area contributed by atoms with E-state index in [1.807, 2.05) is 48.3 Å². The highest BCUT2D eigenvalue weighted by Crippen LogP contribution is 2.23. The molecule has 2 unspecified atom stereocenters. The van der Waals surface area contributed by atoms with Crippen LogP contribution in [0, 0.1) is 11.8 Å². The maximum Gasteiger partial charge on any atom is 0.222 e. The number of hydrogen-bond donors (Lipinski definition) is 1. The molecule has 1 N–H and O–H groups in total. The number of aryl methyl sites for hydroxylation is 1. The summed E-state index contributed by atoms with van der Waals surface area (Å²) in [5, 5.41) is 7.62. The van der Waals surface area contributed by atoms with Crippen molar-refractivity contribution in [1.29, 1.82) is 0 Å². The standard InChI is InChI=1S/C24H35N3O2/c1-19(21-12-9-14-25-18-21)16-24(28)27(2)15-8-4-7-13-22-17-23(26-29-22)20-10-5-3-6-11-20/h3,5-6,10-11,17,19,21,25H,4,7-9,12-16,18H2,1-2H3. The quantitative estimate of drug-likeness (QED) is 0.598. The molecule has 0 radical (unpaired) electrons. The summed E-state index contributed by atoms with van der Waals surface area (Å²) >= 11 is 0. The van der Waals surface area contributed by atoms with E-state index in [2.05, 4.69) is 17.4 Å². The maximum absolute atomic E-state index is 12.5. The van der Waals surface area contributed by atoms with E-state index >= 15 is 0 Å². The molecular formula is C24H35N3O2. The average molecular weight is 398 g/mol. The van der Waals surface area contributed by atoms with E-state index in [1.54, 1.807) is 0 Å². The molecule has 1 aliphatic heterocycles. The summed E-state index contributed by atoms with van der Waals surface area (Å²) in [6.45, 7) is 5.25. The van der Waals surface area contributed by atoms with Crippen LogP contribution in [0.25, 0.3) is 11.3 Å². The Morgan fingerprint density at radius 3 is 2.86 bits per heavy atom. The van der Waals surface area contributed by atoms with E-state index in [1.165, 1.54) is 12.8 Å². The molecule has 2 heterocycles. The second-order valence-corrected chi connectivity index (χ2v) is 8.46. The Hall–Kier alpha value is -2.14. The molecule has 158 valence electrons. The van der Waals surface area contributed by atoms with E-state index < -0.39 is 0 Å². The van der Waals surface area contributed by atoms with E-state index in [-0.39, 0.29) is 5.91 Å². The van der Waals surface area contributed by atoms with Crippen LogP contribution >= 0.6 is 0 Å². The summed E-state index contributed by atoms with van der Waals surface area (Å²) in [6.07, 6.45) is 7.21. The zero-order valence-electron chi connectivity index (χ0n) is 17.9. The van der Waals surface area contributed by atoms with Gasteiger partial charge >= 0.3 is 0 Å². The van der Waals surface area contributed by atoms with Crippen molar-refractivity contribution in [2.24, 2.45) is 11.8 Å². The number of piperidine rings is 1. The second kappa shape index (κ2) is 11.1. The van der Waals surface area contributed by atoms with Crippen LogP contribution < -0.4 is 5.32 Å². The fourth-order valence-corrected chi connectivity index (χ4v) is 4.09. The van der Waals surface area contributed by atoms with Gasteiger partial charge < -0.3 is 14.7 Å². The monoisotopic (exact) mass is 397 g/mol. The minimum Gasteiger partial charge on any atom is -0.361 e. The minimum absolute atomic E-state index is 0.283. The number of nitrogens with zero attached hydrogens (tertiary/aromatic N) is 2. The van der Waals surface area contributed by atoms with Gasteiger partial charge in [-0.3, -0.25) is 4.79 Å². The number of unbranched alkanes of at least 4 members (excludes halogenated alkanes) is 2. The van der Waals surface area contributed by atoms with Crippen LogP contribution in [0.2, 0.25) is 0 Å². The normalized spacial score (nSPS) is 17.8. The van der Waals surface area contributed by atoms with Gasteiger partial charge in [-0.25, -0.2) is 0 Å². The molecule has 29 heavy (non-hydrogen) atoms. The number of aromatic nitrogens is 1. The fourth-order valence-electron chi connectivity index (χ4n) is 4.09. The van der Waals surface area contributed by atoms with E-state index in [4.69, 9.17) is 4.52 Å². The zero-order chi connectivity index (χ0) is 20.5. The SMILES string of the molecule is CC(CC(=O)N(C)CCCCCc1cc(-c2ccccc2)no1)C1CCCNC1. The molecule has 0 aliphatic carbocycles. The molecule has 1 amide bonds. The van der Waals surface area contributed by atoms with Crippen LogP contribution in [0.3, 0.4) is 0 Å². The number of benzene rings is 1. The third-order valence-corrected chi connectivity index (χ3v) is 6.11. The molecule has 1 aromatic heterocycles. The number of rotatable bonds is 10. The predicted molar refractivity (Wildman–Crippen MR) is 117 cm³/mol. The van der Waals surface area contributed by atoms with Gasteiger partial charge in [-0.05, 0) is 50.6 Å². The lowest BCUT2D eigenvalue weighted by atomic mass is 9.85. The first-order valence-electron chi connectivity index (χ1n) is 11.1. The highest BCUT2D eigenvalue weighted by Gasteiger charge is 2.23. The van der Waals surface area contributed by atoms with Crippen LogP contribution in [0.1, 0.15) is 51.2 Å². The molecule has 0 bridgehead atoms. The van der Waals surface area contributed by atoms with Crippen molar-refractivity contribution in [2.45, 2.75) is 51.9 Å². The Kier molecular flexibility index (Phi) is 8.29. The van der Waals surface area contributed by atoms with Crippen LogP contribution in [0.4, 0.5) is 0 Å². The smallest absolute Gasteiger partial charge is 0.222 e. The first-order valence-corrected chi connectivity index (χ1v) is 11.1. The van der Waals surface area contributed by atoms with Gasteiger partial charge in [-0.1, -0.05) is 48.8 Å². The number of carbonyl (C=O) groups is 1. The lowest BCUT2D eigenvalue weighted by Crippen LogP contribution is -2.36. The fraction of sp³-hybridized carbons (Fsp3) is 0.583.